The SMILES string of the molecule is CCCCCCCCCCCCCCCCCCCCCC(=O)OC[C@H](COC(=O)CCCCCCCCCCCCCCCCC)OC(=O)CCCCCCCCCCCCCCCCCC. The van der Waals surface area contributed by atoms with Crippen molar-refractivity contribution in [1.29, 1.82) is 0 Å². The second-order valence-corrected chi connectivity index (χ2v) is 21.3. The van der Waals surface area contributed by atoms with Crippen LogP contribution < -0.4 is 0 Å². The average Bonchev–Trinajstić information content (AvgIpc) is 3.34. The second kappa shape index (κ2) is 58.0. The van der Waals surface area contributed by atoms with Gasteiger partial charge in [-0.1, -0.05) is 323 Å². The standard InChI is InChI=1S/C62H120O6/c1-4-7-10-13-16-19-22-25-28-30-31-32-35-37-40-43-46-49-52-55-61(64)67-58-59(57-66-60(63)54-51-48-45-42-39-36-33-27-24-21-18-15-12-9-6-3)68-62(65)56-53-50-47-44-41-38-34-29-26-23-20-17-14-11-8-5-2/h59H,4-58H2,1-3H3/t59-/m0/s1. The summed E-state index contributed by atoms with van der Waals surface area (Å²) in [4.78, 5) is 38.2. The summed E-state index contributed by atoms with van der Waals surface area (Å²) in [5.74, 6) is -0.826. The van der Waals surface area contributed by atoms with Crippen LogP contribution in [0.3, 0.4) is 0 Å². The molecule has 0 aromatic rings. The highest BCUT2D eigenvalue weighted by Crippen LogP contribution is 2.18. The van der Waals surface area contributed by atoms with E-state index in [1.807, 2.05) is 0 Å². The van der Waals surface area contributed by atoms with Gasteiger partial charge in [-0.3, -0.25) is 14.4 Å². The Morgan fingerprint density at radius 1 is 0.235 bits per heavy atom. The van der Waals surface area contributed by atoms with Crippen molar-refractivity contribution in [2.24, 2.45) is 0 Å². The van der Waals surface area contributed by atoms with Crippen LogP contribution in [0.5, 0.6) is 0 Å². The Morgan fingerprint density at radius 3 is 0.588 bits per heavy atom. The van der Waals surface area contributed by atoms with Crippen LogP contribution in [0, 0.1) is 0 Å². The van der Waals surface area contributed by atoms with Gasteiger partial charge in [0.05, 0.1) is 0 Å². The lowest BCUT2D eigenvalue weighted by molar-refractivity contribution is -0.167. The quantitative estimate of drug-likeness (QED) is 0.0343. The van der Waals surface area contributed by atoms with Crippen molar-refractivity contribution in [3.05, 3.63) is 0 Å². The maximum Gasteiger partial charge on any atom is 0.306 e. The average molecular weight is 962 g/mol. The van der Waals surface area contributed by atoms with Crippen LogP contribution >= 0.6 is 0 Å². The van der Waals surface area contributed by atoms with E-state index < -0.39 is 6.10 Å². The zero-order valence-electron chi connectivity index (χ0n) is 46.4. The summed E-state index contributed by atoms with van der Waals surface area (Å²) in [6.45, 7) is 6.72. The maximum absolute atomic E-state index is 12.9. The molecule has 404 valence electrons. The predicted molar refractivity (Wildman–Crippen MR) is 294 cm³/mol. The van der Waals surface area contributed by atoms with E-state index in [1.54, 1.807) is 0 Å². The van der Waals surface area contributed by atoms with E-state index in [0.29, 0.717) is 19.3 Å². The van der Waals surface area contributed by atoms with Gasteiger partial charge in [-0.15, -0.1) is 0 Å². The van der Waals surface area contributed by atoms with E-state index in [2.05, 4.69) is 20.8 Å². The van der Waals surface area contributed by atoms with Crippen molar-refractivity contribution >= 4 is 17.9 Å². The van der Waals surface area contributed by atoms with Crippen LogP contribution in [-0.4, -0.2) is 37.2 Å². The summed E-state index contributed by atoms with van der Waals surface area (Å²) in [5, 5.41) is 0. The van der Waals surface area contributed by atoms with Crippen LogP contribution in [-0.2, 0) is 28.6 Å². The third-order valence-electron chi connectivity index (χ3n) is 14.4. The molecule has 0 aliphatic heterocycles. The zero-order chi connectivity index (χ0) is 49.3. The normalized spacial score (nSPS) is 11.9. The van der Waals surface area contributed by atoms with Gasteiger partial charge in [-0.25, -0.2) is 0 Å². The molecule has 0 aromatic heterocycles. The second-order valence-electron chi connectivity index (χ2n) is 21.3. The molecule has 0 radical (unpaired) electrons. The molecule has 1 atom stereocenters. The van der Waals surface area contributed by atoms with Gasteiger partial charge in [0, 0.05) is 19.3 Å². The van der Waals surface area contributed by atoms with Gasteiger partial charge in [0.1, 0.15) is 13.2 Å². The fourth-order valence-electron chi connectivity index (χ4n) is 9.68. The van der Waals surface area contributed by atoms with E-state index in [0.717, 1.165) is 57.8 Å². The lowest BCUT2D eigenvalue weighted by Crippen LogP contribution is -2.30. The fourth-order valence-corrected chi connectivity index (χ4v) is 9.68. The molecule has 0 spiro atoms. The summed E-state index contributed by atoms with van der Waals surface area (Å²) < 4.78 is 16.9. The molecule has 0 amide bonds. The summed E-state index contributed by atoms with van der Waals surface area (Å²) >= 11 is 0. The maximum atomic E-state index is 12.9. The number of carbonyl (C=O) groups excluding carboxylic acids is 3. The lowest BCUT2D eigenvalue weighted by atomic mass is 10.0. The summed E-state index contributed by atoms with van der Waals surface area (Å²) in [7, 11) is 0. The summed E-state index contributed by atoms with van der Waals surface area (Å²) in [6, 6.07) is 0. The molecular weight excluding hydrogens is 841 g/mol. The Hall–Kier alpha value is -1.59. The molecular formula is C62H120O6. The van der Waals surface area contributed by atoms with Crippen molar-refractivity contribution in [3.63, 3.8) is 0 Å². The van der Waals surface area contributed by atoms with Crippen LogP contribution in [0.2, 0.25) is 0 Å². The molecule has 6 heteroatoms. The highest BCUT2D eigenvalue weighted by Gasteiger charge is 2.19. The molecule has 0 N–H and O–H groups in total. The van der Waals surface area contributed by atoms with E-state index in [1.165, 1.54) is 263 Å². The van der Waals surface area contributed by atoms with Crippen LogP contribution in [0.15, 0.2) is 0 Å². The van der Waals surface area contributed by atoms with Gasteiger partial charge in [0.25, 0.3) is 0 Å². The first-order valence-electron chi connectivity index (χ1n) is 31.0. The molecule has 0 fully saturated rings. The topological polar surface area (TPSA) is 78.9 Å². The Balaban J connectivity index is 4.27. The largest absolute Gasteiger partial charge is 0.462 e. The number of unbranched alkanes of at least 4 members (excludes halogenated alkanes) is 47. The number of hydrogen-bond acceptors (Lipinski definition) is 6. The van der Waals surface area contributed by atoms with Crippen LogP contribution in [0.4, 0.5) is 0 Å². The van der Waals surface area contributed by atoms with E-state index in [-0.39, 0.29) is 31.1 Å². The van der Waals surface area contributed by atoms with Crippen molar-refractivity contribution in [3.8, 4) is 0 Å². The number of rotatable bonds is 58. The summed E-state index contributed by atoms with van der Waals surface area (Å²) in [6.07, 6.45) is 65.3. The molecule has 0 bridgehead atoms. The van der Waals surface area contributed by atoms with Crippen molar-refractivity contribution in [2.75, 3.05) is 13.2 Å². The minimum absolute atomic E-state index is 0.0606. The van der Waals surface area contributed by atoms with E-state index >= 15 is 0 Å². The molecule has 0 aliphatic carbocycles. The molecule has 0 rings (SSSR count). The highest BCUT2D eigenvalue weighted by molar-refractivity contribution is 5.71. The molecule has 0 saturated carbocycles. The molecule has 0 aliphatic rings. The first-order chi connectivity index (χ1) is 33.5. The van der Waals surface area contributed by atoms with E-state index in [4.69, 9.17) is 14.2 Å². The zero-order valence-corrected chi connectivity index (χ0v) is 46.4. The van der Waals surface area contributed by atoms with Gasteiger partial charge in [-0.05, 0) is 19.3 Å². The van der Waals surface area contributed by atoms with E-state index in [9.17, 15) is 14.4 Å². The molecule has 0 aromatic carbocycles. The number of esters is 3. The predicted octanol–water partition coefficient (Wildman–Crippen LogP) is 20.7. The Kier molecular flexibility index (Phi) is 56.6. The van der Waals surface area contributed by atoms with Crippen LogP contribution in [0.1, 0.15) is 361 Å². The number of hydrogen-bond donors (Lipinski definition) is 0. The minimum atomic E-state index is -0.761. The number of carbonyl (C=O) groups is 3. The Morgan fingerprint density at radius 2 is 0.397 bits per heavy atom. The summed E-state index contributed by atoms with van der Waals surface area (Å²) in [5.41, 5.74) is 0. The van der Waals surface area contributed by atoms with Gasteiger partial charge < -0.3 is 14.2 Å². The molecule has 6 nitrogen and oxygen atoms in total. The van der Waals surface area contributed by atoms with Crippen molar-refractivity contribution in [1.82, 2.24) is 0 Å². The molecule has 0 heterocycles. The van der Waals surface area contributed by atoms with Gasteiger partial charge in [0.15, 0.2) is 6.10 Å². The van der Waals surface area contributed by atoms with Gasteiger partial charge in [-0.2, -0.15) is 0 Å². The Bertz CT molecular complexity index is 1010. The smallest absolute Gasteiger partial charge is 0.306 e. The van der Waals surface area contributed by atoms with Gasteiger partial charge >= 0.3 is 17.9 Å². The van der Waals surface area contributed by atoms with Crippen molar-refractivity contribution in [2.45, 2.75) is 367 Å². The number of ether oxygens (including phenoxy) is 3. The first-order valence-corrected chi connectivity index (χ1v) is 31.0. The first kappa shape index (κ1) is 66.4. The van der Waals surface area contributed by atoms with Crippen molar-refractivity contribution < 1.29 is 28.6 Å². The third-order valence-corrected chi connectivity index (χ3v) is 14.4. The third kappa shape index (κ3) is 55.3. The molecule has 0 saturated heterocycles. The lowest BCUT2D eigenvalue weighted by Gasteiger charge is -2.18. The molecule has 68 heavy (non-hydrogen) atoms. The highest BCUT2D eigenvalue weighted by atomic mass is 16.6. The minimum Gasteiger partial charge on any atom is -0.462 e. The molecule has 0 unspecified atom stereocenters. The monoisotopic (exact) mass is 961 g/mol. The Labute approximate surface area is 425 Å². The fraction of sp³-hybridized carbons (Fsp3) is 0.952. The van der Waals surface area contributed by atoms with Crippen LogP contribution in [0.25, 0.3) is 0 Å². The van der Waals surface area contributed by atoms with Gasteiger partial charge in [0.2, 0.25) is 0 Å².